The molecule has 5 nitrogen and oxygen atoms in total. The van der Waals surface area contributed by atoms with Gasteiger partial charge in [0, 0.05) is 63.2 Å². The highest BCUT2D eigenvalue weighted by Gasteiger charge is 2.22. The van der Waals surface area contributed by atoms with Crippen molar-refractivity contribution in [2.45, 2.75) is 26.3 Å². The predicted octanol–water partition coefficient (Wildman–Crippen LogP) is 11.3. The van der Waals surface area contributed by atoms with Crippen LogP contribution in [0.3, 0.4) is 0 Å². The quantitative estimate of drug-likeness (QED) is 0.112. The van der Waals surface area contributed by atoms with Gasteiger partial charge in [-0.05, 0) is 143 Å². The van der Waals surface area contributed by atoms with Gasteiger partial charge in [0.25, 0.3) is 0 Å². The molecule has 0 amide bonds. The molecule has 0 fully saturated rings. The van der Waals surface area contributed by atoms with Crippen LogP contribution in [0.4, 0.5) is 0 Å². The molecule has 1 aliphatic rings. The summed E-state index contributed by atoms with van der Waals surface area (Å²) < 4.78 is 2.42. The van der Waals surface area contributed by atoms with Crippen molar-refractivity contribution < 1.29 is 0 Å². The lowest BCUT2D eigenvalue weighted by atomic mass is 9.84. The summed E-state index contributed by atoms with van der Waals surface area (Å²) in [5.74, 6) is 0. The number of nitrogens with one attached hydrogen (secondary N) is 2. The third-order valence-electron chi connectivity index (χ3n) is 9.67. The van der Waals surface area contributed by atoms with E-state index in [-0.39, 0.29) is 0 Å². The van der Waals surface area contributed by atoms with E-state index in [9.17, 15) is 0 Å². The summed E-state index contributed by atoms with van der Waals surface area (Å²) in [6.45, 7) is 10.1. The highest BCUT2D eigenvalue weighted by Crippen LogP contribution is 2.42. The van der Waals surface area contributed by atoms with Crippen molar-refractivity contribution in [3.05, 3.63) is 170 Å². The van der Waals surface area contributed by atoms with Crippen molar-refractivity contribution in [2.75, 3.05) is 0 Å². The van der Waals surface area contributed by atoms with Crippen LogP contribution >= 0.6 is 0 Å². The summed E-state index contributed by atoms with van der Waals surface area (Å²) in [6.07, 6.45) is 23.8. The minimum Gasteiger partial charge on any atom is -0.405 e. The van der Waals surface area contributed by atoms with Crippen LogP contribution in [0.25, 0.3) is 71.4 Å². The number of allylic oxidation sites excluding steroid dienone is 9. The van der Waals surface area contributed by atoms with Crippen LogP contribution in [0.5, 0.6) is 0 Å². The zero-order chi connectivity index (χ0) is 35.3. The van der Waals surface area contributed by atoms with E-state index in [1.165, 1.54) is 72.2 Å². The molecule has 4 aromatic carbocycles. The van der Waals surface area contributed by atoms with Gasteiger partial charge in [0.1, 0.15) is 0 Å². The number of fused-ring (bicyclic) bond motifs is 9. The van der Waals surface area contributed by atoms with E-state index in [2.05, 4.69) is 107 Å². The molecule has 3 aromatic heterocycles. The Morgan fingerprint density at radius 1 is 0.804 bits per heavy atom. The number of hydrogen-bond donors (Lipinski definition) is 3. The Balaban J connectivity index is 0.000000761. The molecule has 1 aliphatic carbocycles. The first-order chi connectivity index (χ1) is 25.1. The molecule has 51 heavy (non-hydrogen) atoms. The number of H-pyrrole nitrogens is 1. The van der Waals surface area contributed by atoms with Gasteiger partial charge in [-0.2, -0.15) is 0 Å². The minimum atomic E-state index is 0.743. The summed E-state index contributed by atoms with van der Waals surface area (Å²) in [5.41, 5.74) is 20.0. The lowest BCUT2D eigenvalue weighted by molar-refractivity contribution is 0.897. The van der Waals surface area contributed by atoms with E-state index in [0.29, 0.717) is 0 Å². The average molecular weight is 664 g/mol. The maximum atomic E-state index is 7.53. The highest BCUT2D eigenvalue weighted by molar-refractivity contribution is 6.13. The van der Waals surface area contributed by atoms with Crippen LogP contribution in [-0.4, -0.2) is 20.7 Å². The lowest BCUT2D eigenvalue weighted by Gasteiger charge is -2.21. The van der Waals surface area contributed by atoms with Crippen molar-refractivity contribution in [3.63, 3.8) is 0 Å². The van der Waals surface area contributed by atoms with Gasteiger partial charge >= 0.3 is 0 Å². The van der Waals surface area contributed by atoms with E-state index in [0.717, 1.165) is 41.6 Å². The number of aryl methyl sites for hydroxylation is 2. The second-order valence-electron chi connectivity index (χ2n) is 12.6. The lowest BCUT2D eigenvalue weighted by Crippen LogP contribution is -2.04. The number of aromatic nitrogens is 3. The number of nitrogens with zero attached hydrogens (tertiary/aromatic N) is 2. The van der Waals surface area contributed by atoms with Gasteiger partial charge in [0.05, 0.1) is 5.52 Å². The third kappa shape index (κ3) is 6.26. The maximum Gasteiger partial charge on any atom is 0.0500 e. The first-order valence-electron chi connectivity index (χ1n) is 17.3. The normalized spacial score (nSPS) is 12.9. The van der Waals surface area contributed by atoms with Crippen LogP contribution in [0.1, 0.15) is 23.6 Å². The van der Waals surface area contributed by atoms with Crippen molar-refractivity contribution in [1.29, 1.82) is 5.41 Å². The Morgan fingerprint density at radius 2 is 1.55 bits per heavy atom. The van der Waals surface area contributed by atoms with Gasteiger partial charge in [-0.3, -0.25) is 4.98 Å². The van der Waals surface area contributed by atoms with E-state index < -0.39 is 0 Å². The van der Waals surface area contributed by atoms with Crippen molar-refractivity contribution >= 4 is 55.4 Å². The number of nitrogens with two attached hydrogens (primary N) is 1. The average Bonchev–Trinajstić information content (AvgIpc) is 3.68. The summed E-state index contributed by atoms with van der Waals surface area (Å²) in [4.78, 5) is 7.89. The zero-order valence-electron chi connectivity index (χ0n) is 28.9. The smallest absolute Gasteiger partial charge is 0.0500 e. The van der Waals surface area contributed by atoms with E-state index in [1.807, 2.05) is 49.7 Å². The van der Waals surface area contributed by atoms with Crippen LogP contribution in [0.2, 0.25) is 0 Å². The predicted molar refractivity (Wildman–Crippen MR) is 219 cm³/mol. The van der Waals surface area contributed by atoms with Gasteiger partial charge in [-0.25, -0.2) is 0 Å². The fourth-order valence-electron chi connectivity index (χ4n) is 7.28. The van der Waals surface area contributed by atoms with Crippen molar-refractivity contribution in [1.82, 2.24) is 14.5 Å². The molecule has 3 heterocycles. The number of rotatable bonds is 8. The van der Waals surface area contributed by atoms with E-state index in [4.69, 9.17) is 11.1 Å². The first-order valence-corrected chi connectivity index (χ1v) is 17.3. The van der Waals surface area contributed by atoms with Gasteiger partial charge < -0.3 is 20.7 Å². The van der Waals surface area contributed by atoms with Crippen LogP contribution in [-0.2, 0) is 19.4 Å². The molecule has 0 saturated carbocycles. The molecular weight excluding hydrogens is 623 g/mol. The molecule has 4 N–H and O–H groups in total. The maximum absolute atomic E-state index is 7.53. The molecule has 0 radical (unpaired) electrons. The van der Waals surface area contributed by atoms with E-state index >= 15 is 0 Å². The molecule has 7 aromatic rings. The first kappa shape index (κ1) is 33.1. The summed E-state index contributed by atoms with van der Waals surface area (Å²) >= 11 is 0. The Kier molecular flexibility index (Phi) is 9.44. The molecule has 0 spiro atoms. The molecule has 250 valence electrons. The largest absolute Gasteiger partial charge is 0.405 e. The van der Waals surface area contributed by atoms with Crippen molar-refractivity contribution in [2.24, 2.45) is 5.73 Å². The summed E-state index contributed by atoms with van der Waals surface area (Å²) in [5, 5.41) is 12.5. The minimum absolute atomic E-state index is 0.743. The molecule has 0 bridgehead atoms. The molecule has 0 saturated heterocycles. The van der Waals surface area contributed by atoms with Gasteiger partial charge in [-0.1, -0.05) is 61.7 Å². The molecule has 5 heteroatoms. The van der Waals surface area contributed by atoms with Crippen molar-refractivity contribution in [3.8, 4) is 22.3 Å². The number of pyridine rings is 1. The standard InChI is InChI=1S/C41H33N5.C5H8/c1-2-26(12-16-43)28-8-10-38-34(20-28)35-22-30-6-7-31-23-37-36-21-29(27-13-17-44-18-14-27)9-11-40(36)46(19-5-3-4-15-42)41(37)25-33(31)32(30)24-39(35)45-38;1-3-5-4-2/h2-5,8-18,20-25,43,45H,1,6-7,19,42H2;3-5H,1H2,2H3/b5-3-,15-4-,26-12+,43-16?;5-4-. The molecule has 0 atom stereocenters. The molecule has 8 rings (SSSR count). The highest BCUT2D eigenvalue weighted by atomic mass is 15.0. The zero-order valence-corrected chi connectivity index (χ0v) is 28.9. The van der Waals surface area contributed by atoms with Gasteiger partial charge in [0.15, 0.2) is 0 Å². The second-order valence-corrected chi connectivity index (χ2v) is 12.6. The number of benzene rings is 4. The summed E-state index contributed by atoms with van der Waals surface area (Å²) in [6, 6.07) is 26.9. The third-order valence-corrected chi connectivity index (χ3v) is 9.67. The van der Waals surface area contributed by atoms with Gasteiger partial charge in [0.2, 0.25) is 0 Å². The Morgan fingerprint density at radius 3 is 2.25 bits per heavy atom. The summed E-state index contributed by atoms with van der Waals surface area (Å²) in [7, 11) is 0. The Hall–Kier alpha value is -6.46. The molecular formula is C46H41N5. The monoisotopic (exact) mass is 663 g/mol. The molecule has 0 unspecified atom stereocenters. The topological polar surface area (TPSA) is 83.5 Å². The van der Waals surface area contributed by atoms with Gasteiger partial charge in [-0.15, -0.1) is 0 Å². The SMILES string of the molecule is C=C/C(=C\C=N)c1ccc2[nH]c3cc4c(cc3c2c1)CCc1cc2c3cc(-c5ccncc5)ccc3n(C/C=C\C=C/N)c2cc1-4.C=C/C=C\C. The molecule has 0 aliphatic heterocycles. The number of hydrogen-bond acceptors (Lipinski definition) is 3. The van der Waals surface area contributed by atoms with E-state index in [1.54, 1.807) is 18.4 Å². The second kappa shape index (κ2) is 14.6. The van der Waals surface area contributed by atoms with Crippen LogP contribution in [0, 0.1) is 5.41 Å². The fraction of sp³-hybridized carbons (Fsp3) is 0.0870. The fourth-order valence-corrected chi connectivity index (χ4v) is 7.28. The van der Waals surface area contributed by atoms with Crippen LogP contribution in [0.15, 0.2) is 153 Å². The Bertz CT molecular complexity index is 2570. The van der Waals surface area contributed by atoms with Crippen LogP contribution < -0.4 is 5.73 Å². The number of aromatic amines is 1. The Labute approximate surface area is 298 Å².